The Labute approximate surface area is 107 Å². The van der Waals surface area contributed by atoms with Gasteiger partial charge in [0.1, 0.15) is 5.82 Å². The van der Waals surface area contributed by atoms with Crippen LogP contribution in [0.25, 0.3) is 0 Å². The fraction of sp³-hybridized carbons (Fsp3) is 0.636. The Morgan fingerprint density at radius 1 is 1.56 bits per heavy atom. The lowest BCUT2D eigenvalue weighted by Crippen LogP contribution is -2.23. The van der Waals surface area contributed by atoms with E-state index in [-0.39, 0.29) is 12.5 Å². The first-order chi connectivity index (χ1) is 8.54. The highest BCUT2D eigenvalue weighted by molar-refractivity contribution is 7.88. The maximum atomic E-state index is 11.0. The van der Waals surface area contributed by atoms with Gasteiger partial charge in [-0.25, -0.2) is 23.1 Å². The zero-order valence-corrected chi connectivity index (χ0v) is 11.1. The van der Waals surface area contributed by atoms with Crippen molar-refractivity contribution in [3.8, 4) is 0 Å². The quantitative estimate of drug-likeness (QED) is 0.858. The van der Waals surface area contributed by atoms with Crippen molar-refractivity contribution < 1.29 is 13.2 Å². The average Bonchev–Trinajstić information content (AvgIpc) is 2.37. The number of rotatable bonds is 4. The maximum absolute atomic E-state index is 11.0. The van der Waals surface area contributed by atoms with E-state index < -0.39 is 10.0 Å². The molecule has 7 heteroatoms. The molecule has 6 nitrogen and oxygen atoms in total. The SMILES string of the molecule is CS(=O)(=O)NCc1ccnc(C2CCCOC2)n1. The predicted octanol–water partition coefficient (Wildman–Crippen LogP) is 0.420. The summed E-state index contributed by atoms with van der Waals surface area (Å²) in [7, 11) is -3.20. The molecule has 2 heterocycles. The summed E-state index contributed by atoms with van der Waals surface area (Å²) in [4.78, 5) is 8.62. The third-order valence-electron chi connectivity index (χ3n) is 2.77. The lowest BCUT2D eigenvalue weighted by Gasteiger charge is -2.20. The van der Waals surface area contributed by atoms with Crippen molar-refractivity contribution in [3.05, 3.63) is 23.8 Å². The van der Waals surface area contributed by atoms with Crippen molar-refractivity contribution in [1.29, 1.82) is 0 Å². The van der Waals surface area contributed by atoms with Gasteiger partial charge in [-0.05, 0) is 18.9 Å². The molecule has 1 aliphatic heterocycles. The van der Waals surface area contributed by atoms with Crippen LogP contribution in [0.1, 0.15) is 30.3 Å². The fourth-order valence-electron chi connectivity index (χ4n) is 1.86. The molecule has 1 aromatic rings. The van der Waals surface area contributed by atoms with Gasteiger partial charge in [0.25, 0.3) is 0 Å². The van der Waals surface area contributed by atoms with E-state index >= 15 is 0 Å². The molecule has 1 N–H and O–H groups in total. The molecule has 2 rings (SSSR count). The molecule has 1 unspecified atom stereocenters. The van der Waals surface area contributed by atoms with E-state index in [1.54, 1.807) is 12.3 Å². The van der Waals surface area contributed by atoms with E-state index in [9.17, 15) is 8.42 Å². The Morgan fingerprint density at radius 3 is 3.06 bits per heavy atom. The van der Waals surface area contributed by atoms with Crippen LogP contribution in [0.15, 0.2) is 12.3 Å². The Bertz CT molecular complexity index is 498. The summed E-state index contributed by atoms with van der Waals surface area (Å²) in [5, 5.41) is 0. The molecular formula is C11H17N3O3S. The summed E-state index contributed by atoms with van der Waals surface area (Å²) in [6, 6.07) is 1.71. The summed E-state index contributed by atoms with van der Waals surface area (Å²) in [6.07, 6.45) is 4.82. The second-order valence-corrected chi connectivity index (χ2v) is 6.25. The minimum Gasteiger partial charge on any atom is -0.381 e. The molecule has 1 aliphatic rings. The average molecular weight is 271 g/mol. The van der Waals surface area contributed by atoms with E-state index in [4.69, 9.17) is 4.74 Å². The summed E-state index contributed by atoms with van der Waals surface area (Å²) < 4.78 is 29.9. The number of nitrogens with zero attached hydrogens (tertiary/aromatic N) is 2. The Balaban J connectivity index is 2.04. The number of hydrogen-bond donors (Lipinski definition) is 1. The molecular weight excluding hydrogens is 254 g/mol. The van der Waals surface area contributed by atoms with Gasteiger partial charge in [-0.3, -0.25) is 0 Å². The lowest BCUT2D eigenvalue weighted by molar-refractivity contribution is 0.0780. The number of ether oxygens (including phenoxy) is 1. The van der Waals surface area contributed by atoms with E-state index in [1.807, 2.05) is 0 Å². The van der Waals surface area contributed by atoms with Gasteiger partial charge < -0.3 is 4.74 Å². The summed E-state index contributed by atoms with van der Waals surface area (Å²) in [6.45, 7) is 1.64. The van der Waals surface area contributed by atoms with Crippen molar-refractivity contribution in [2.24, 2.45) is 0 Å². The van der Waals surface area contributed by atoms with Gasteiger partial charge in [0.15, 0.2) is 0 Å². The first-order valence-corrected chi connectivity index (χ1v) is 7.78. The second kappa shape index (κ2) is 5.73. The van der Waals surface area contributed by atoms with Crippen LogP contribution in [0.2, 0.25) is 0 Å². The normalized spacial score (nSPS) is 20.8. The highest BCUT2D eigenvalue weighted by atomic mass is 32.2. The van der Waals surface area contributed by atoms with Crippen molar-refractivity contribution in [1.82, 2.24) is 14.7 Å². The lowest BCUT2D eigenvalue weighted by atomic mass is 10.0. The van der Waals surface area contributed by atoms with E-state index in [0.29, 0.717) is 12.3 Å². The van der Waals surface area contributed by atoms with E-state index in [2.05, 4.69) is 14.7 Å². The Kier molecular flexibility index (Phi) is 4.26. The largest absolute Gasteiger partial charge is 0.381 e. The summed E-state index contributed by atoms with van der Waals surface area (Å²) >= 11 is 0. The molecule has 1 aromatic heterocycles. The highest BCUT2D eigenvalue weighted by Gasteiger charge is 2.18. The molecule has 0 saturated carbocycles. The Morgan fingerprint density at radius 2 is 2.39 bits per heavy atom. The van der Waals surface area contributed by atoms with Crippen molar-refractivity contribution in [2.45, 2.75) is 25.3 Å². The predicted molar refractivity (Wildman–Crippen MR) is 66.5 cm³/mol. The zero-order valence-electron chi connectivity index (χ0n) is 10.3. The molecule has 0 bridgehead atoms. The molecule has 0 spiro atoms. The van der Waals surface area contributed by atoms with Gasteiger partial charge >= 0.3 is 0 Å². The number of nitrogens with one attached hydrogen (secondary N) is 1. The van der Waals surface area contributed by atoms with Crippen molar-refractivity contribution in [2.75, 3.05) is 19.5 Å². The molecule has 100 valence electrons. The van der Waals surface area contributed by atoms with Crippen molar-refractivity contribution >= 4 is 10.0 Å². The highest BCUT2D eigenvalue weighted by Crippen LogP contribution is 2.22. The van der Waals surface area contributed by atoms with Crippen molar-refractivity contribution in [3.63, 3.8) is 0 Å². The number of aromatic nitrogens is 2. The monoisotopic (exact) mass is 271 g/mol. The van der Waals surface area contributed by atoms with Crippen LogP contribution in [0.4, 0.5) is 0 Å². The smallest absolute Gasteiger partial charge is 0.209 e. The van der Waals surface area contributed by atoms with Gasteiger partial charge in [0.2, 0.25) is 10.0 Å². The third kappa shape index (κ3) is 4.01. The molecule has 0 radical (unpaired) electrons. The minimum absolute atomic E-state index is 0.196. The zero-order chi connectivity index (χ0) is 13.0. The molecule has 0 aromatic carbocycles. The molecule has 1 fully saturated rings. The van der Waals surface area contributed by atoms with Crippen LogP contribution < -0.4 is 4.72 Å². The van der Waals surface area contributed by atoms with Gasteiger partial charge in [-0.15, -0.1) is 0 Å². The van der Waals surface area contributed by atoms with Gasteiger partial charge in [0.05, 0.1) is 25.1 Å². The number of hydrogen-bond acceptors (Lipinski definition) is 5. The van der Waals surface area contributed by atoms with Crippen LogP contribution in [0.3, 0.4) is 0 Å². The van der Waals surface area contributed by atoms with Gasteiger partial charge in [-0.2, -0.15) is 0 Å². The molecule has 18 heavy (non-hydrogen) atoms. The molecule has 1 atom stereocenters. The second-order valence-electron chi connectivity index (χ2n) is 4.41. The van der Waals surface area contributed by atoms with Crippen LogP contribution in [-0.2, 0) is 21.3 Å². The van der Waals surface area contributed by atoms with Crippen LogP contribution in [-0.4, -0.2) is 37.9 Å². The standard InChI is InChI=1S/C11H17N3O3S/c1-18(15,16)13-7-10-4-5-12-11(14-10)9-3-2-6-17-8-9/h4-5,9,13H,2-3,6-8H2,1H3. The molecule has 0 aliphatic carbocycles. The summed E-state index contributed by atoms with van der Waals surface area (Å²) in [5.74, 6) is 0.958. The number of sulfonamides is 1. The van der Waals surface area contributed by atoms with Gasteiger partial charge in [0, 0.05) is 18.7 Å². The minimum atomic E-state index is -3.20. The first kappa shape index (κ1) is 13.4. The van der Waals surface area contributed by atoms with E-state index in [1.165, 1.54) is 0 Å². The van der Waals surface area contributed by atoms with Crippen LogP contribution >= 0.6 is 0 Å². The maximum Gasteiger partial charge on any atom is 0.209 e. The van der Waals surface area contributed by atoms with Crippen LogP contribution in [0.5, 0.6) is 0 Å². The van der Waals surface area contributed by atoms with Gasteiger partial charge in [-0.1, -0.05) is 0 Å². The third-order valence-corrected chi connectivity index (χ3v) is 3.44. The topological polar surface area (TPSA) is 81.2 Å². The fourth-order valence-corrected chi connectivity index (χ4v) is 2.27. The van der Waals surface area contributed by atoms with E-state index in [0.717, 1.165) is 31.5 Å². The summed E-state index contributed by atoms with van der Waals surface area (Å²) in [5.41, 5.74) is 0.677. The van der Waals surface area contributed by atoms with Crippen LogP contribution in [0, 0.1) is 0 Å². The molecule has 0 amide bonds. The first-order valence-electron chi connectivity index (χ1n) is 5.89. The Hall–Kier alpha value is -1.05. The molecule has 1 saturated heterocycles.